The van der Waals surface area contributed by atoms with E-state index in [0.29, 0.717) is 17.5 Å². The quantitative estimate of drug-likeness (QED) is 0.423. The van der Waals surface area contributed by atoms with Crippen LogP contribution in [-0.4, -0.2) is 11.3 Å². The Kier molecular flexibility index (Phi) is 4.07. The molecule has 0 bridgehead atoms. The van der Waals surface area contributed by atoms with Crippen molar-refractivity contribution in [2.75, 3.05) is 0 Å². The Bertz CT molecular complexity index is 1110. The van der Waals surface area contributed by atoms with Gasteiger partial charge in [0.25, 0.3) is 0 Å². The molecule has 0 saturated carbocycles. The zero-order valence-electron chi connectivity index (χ0n) is 14.0. The normalized spacial score (nSPS) is 11.7. The topological polar surface area (TPSA) is 32.9 Å². The van der Waals surface area contributed by atoms with E-state index in [2.05, 4.69) is 4.98 Å². The van der Waals surface area contributed by atoms with Gasteiger partial charge in [0.1, 0.15) is 0 Å². The molecule has 134 valence electrons. The lowest BCUT2D eigenvalue weighted by atomic mass is 10.0. The first kappa shape index (κ1) is 17.1. The van der Waals surface area contributed by atoms with E-state index in [1.54, 1.807) is 12.1 Å². The average Bonchev–Trinajstić information content (AvgIpc) is 3.06. The van der Waals surface area contributed by atoms with Gasteiger partial charge in [-0.1, -0.05) is 66.7 Å². The highest BCUT2D eigenvalue weighted by atomic mass is 19.4. The number of carbonyl (C=O) groups is 1. The van der Waals surface area contributed by atoms with E-state index in [-0.39, 0.29) is 16.5 Å². The van der Waals surface area contributed by atoms with Gasteiger partial charge in [0.15, 0.2) is 6.29 Å². The summed E-state index contributed by atoms with van der Waals surface area (Å²) in [5.41, 5.74) is 2.43. The third-order valence-corrected chi connectivity index (χ3v) is 4.58. The van der Waals surface area contributed by atoms with E-state index in [9.17, 15) is 18.0 Å². The number of fused-ring (bicyclic) bond motifs is 1. The number of halogens is 3. The van der Waals surface area contributed by atoms with Crippen LogP contribution in [0.4, 0.5) is 13.2 Å². The van der Waals surface area contributed by atoms with Crippen molar-refractivity contribution >= 4 is 17.2 Å². The van der Waals surface area contributed by atoms with Crippen molar-refractivity contribution in [1.82, 2.24) is 4.98 Å². The van der Waals surface area contributed by atoms with Crippen molar-refractivity contribution in [3.05, 3.63) is 83.9 Å². The number of rotatable bonds is 3. The van der Waals surface area contributed by atoms with E-state index >= 15 is 0 Å². The number of carbonyl (C=O) groups excluding carboxylic acids is 1. The fourth-order valence-electron chi connectivity index (χ4n) is 3.28. The number of aromatic amines is 1. The highest BCUT2D eigenvalue weighted by Crippen LogP contribution is 2.38. The van der Waals surface area contributed by atoms with Gasteiger partial charge in [0.05, 0.1) is 16.8 Å². The van der Waals surface area contributed by atoms with Crippen LogP contribution in [0, 0.1) is 0 Å². The van der Waals surface area contributed by atoms with E-state index in [1.165, 1.54) is 12.1 Å². The molecule has 5 heteroatoms. The summed E-state index contributed by atoms with van der Waals surface area (Å²) < 4.78 is 39.9. The van der Waals surface area contributed by atoms with Crippen LogP contribution in [0.25, 0.3) is 33.3 Å². The van der Waals surface area contributed by atoms with Crippen LogP contribution < -0.4 is 0 Å². The van der Waals surface area contributed by atoms with Gasteiger partial charge in [0.2, 0.25) is 0 Å². The Hall–Kier alpha value is -3.34. The lowest BCUT2D eigenvalue weighted by Crippen LogP contribution is -2.05. The number of aldehydes is 1. The molecule has 0 radical (unpaired) electrons. The number of nitrogens with one attached hydrogen (secondary N) is 1. The Morgan fingerprint density at radius 1 is 0.741 bits per heavy atom. The van der Waals surface area contributed by atoms with Crippen LogP contribution in [0.15, 0.2) is 72.8 Å². The Morgan fingerprint density at radius 3 is 2.00 bits per heavy atom. The number of aromatic nitrogens is 1. The highest BCUT2D eigenvalue weighted by molar-refractivity contribution is 6.05. The maximum atomic E-state index is 13.3. The lowest BCUT2D eigenvalue weighted by Gasteiger charge is -2.07. The molecule has 4 rings (SSSR count). The lowest BCUT2D eigenvalue weighted by molar-refractivity contribution is -0.136. The van der Waals surface area contributed by atoms with Gasteiger partial charge in [-0.3, -0.25) is 4.79 Å². The zero-order chi connectivity index (χ0) is 19.0. The molecule has 1 aromatic heterocycles. The van der Waals surface area contributed by atoms with Gasteiger partial charge >= 0.3 is 6.18 Å². The van der Waals surface area contributed by atoms with Crippen molar-refractivity contribution in [3.63, 3.8) is 0 Å². The van der Waals surface area contributed by atoms with Crippen LogP contribution in [0.3, 0.4) is 0 Å². The second-order valence-corrected chi connectivity index (χ2v) is 6.20. The van der Waals surface area contributed by atoms with Gasteiger partial charge in [0, 0.05) is 10.9 Å². The number of H-pyrrole nitrogens is 1. The predicted octanol–water partition coefficient (Wildman–Crippen LogP) is 6.33. The predicted molar refractivity (Wildman–Crippen MR) is 99.6 cm³/mol. The molecule has 3 aromatic carbocycles. The molecule has 1 N–H and O–H groups in total. The van der Waals surface area contributed by atoms with Gasteiger partial charge < -0.3 is 4.98 Å². The first-order chi connectivity index (χ1) is 13.0. The average molecular weight is 365 g/mol. The zero-order valence-corrected chi connectivity index (χ0v) is 14.0. The largest absolute Gasteiger partial charge is 0.418 e. The Morgan fingerprint density at radius 2 is 1.37 bits per heavy atom. The standard InChI is InChI=1S/C22H14F3NO/c23-22(24,25)19-8-4-7-17-18(13-27)20(26-21(17)19)16-11-9-15(10-12-16)14-5-2-1-3-6-14/h1-13,26H. The Labute approximate surface area is 153 Å². The number of alkyl halides is 3. The molecular formula is C22H14F3NO. The Balaban J connectivity index is 1.85. The molecule has 0 aliphatic carbocycles. The third kappa shape index (κ3) is 3.01. The number of hydrogen-bond acceptors (Lipinski definition) is 1. The smallest absolute Gasteiger partial charge is 0.353 e. The van der Waals surface area contributed by atoms with Crippen LogP contribution in [0.1, 0.15) is 15.9 Å². The minimum absolute atomic E-state index is 0.0748. The minimum atomic E-state index is -4.50. The van der Waals surface area contributed by atoms with Gasteiger partial charge in [-0.2, -0.15) is 13.2 Å². The van der Waals surface area contributed by atoms with Gasteiger partial charge in [-0.25, -0.2) is 0 Å². The molecule has 0 unspecified atom stereocenters. The maximum Gasteiger partial charge on any atom is 0.418 e. The summed E-state index contributed by atoms with van der Waals surface area (Å²) in [4.78, 5) is 14.4. The molecule has 4 aromatic rings. The molecule has 0 aliphatic rings. The summed E-state index contributed by atoms with van der Waals surface area (Å²) in [5.74, 6) is 0. The molecule has 0 atom stereocenters. The van der Waals surface area contributed by atoms with Gasteiger partial charge in [-0.15, -0.1) is 0 Å². The number of benzene rings is 3. The molecule has 2 nitrogen and oxygen atoms in total. The second-order valence-electron chi connectivity index (χ2n) is 6.20. The molecular weight excluding hydrogens is 351 g/mol. The molecule has 0 fully saturated rings. The van der Waals surface area contributed by atoms with Crippen LogP contribution >= 0.6 is 0 Å². The highest BCUT2D eigenvalue weighted by Gasteiger charge is 2.34. The summed E-state index contributed by atoms with van der Waals surface area (Å²) in [5, 5.41) is 0.266. The van der Waals surface area contributed by atoms with Crippen molar-refractivity contribution < 1.29 is 18.0 Å². The fourth-order valence-corrected chi connectivity index (χ4v) is 3.28. The summed E-state index contributed by atoms with van der Waals surface area (Å²) >= 11 is 0. The SMILES string of the molecule is O=Cc1c(-c2ccc(-c3ccccc3)cc2)[nH]c2c(C(F)(F)F)cccc12. The van der Waals surface area contributed by atoms with Crippen molar-refractivity contribution in [3.8, 4) is 22.4 Å². The fraction of sp³-hybridized carbons (Fsp3) is 0.0455. The summed E-state index contributed by atoms with van der Waals surface area (Å²) in [6.07, 6.45) is -3.90. The van der Waals surface area contributed by atoms with Crippen molar-refractivity contribution in [1.29, 1.82) is 0 Å². The first-order valence-electron chi connectivity index (χ1n) is 8.32. The molecule has 0 spiro atoms. The molecule has 27 heavy (non-hydrogen) atoms. The van der Waals surface area contributed by atoms with Crippen molar-refractivity contribution in [2.24, 2.45) is 0 Å². The molecule has 0 saturated heterocycles. The summed E-state index contributed by atoms with van der Waals surface area (Å²) in [7, 11) is 0. The summed E-state index contributed by atoms with van der Waals surface area (Å²) in [6.45, 7) is 0. The molecule has 0 amide bonds. The van der Waals surface area contributed by atoms with E-state index in [1.807, 2.05) is 42.5 Å². The van der Waals surface area contributed by atoms with Crippen LogP contribution in [0.5, 0.6) is 0 Å². The number of para-hydroxylation sites is 1. The monoisotopic (exact) mass is 365 g/mol. The van der Waals surface area contributed by atoms with E-state index in [4.69, 9.17) is 0 Å². The molecule has 0 aliphatic heterocycles. The van der Waals surface area contributed by atoms with Crippen molar-refractivity contribution in [2.45, 2.75) is 6.18 Å². The third-order valence-electron chi connectivity index (χ3n) is 4.58. The van der Waals surface area contributed by atoms with Crippen LogP contribution in [0.2, 0.25) is 0 Å². The first-order valence-corrected chi connectivity index (χ1v) is 8.32. The van der Waals surface area contributed by atoms with Gasteiger partial charge in [-0.05, 0) is 22.8 Å². The van der Waals surface area contributed by atoms with E-state index in [0.717, 1.165) is 17.2 Å². The maximum absolute atomic E-state index is 13.3. The van der Waals surface area contributed by atoms with E-state index < -0.39 is 11.7 Å². The number of hydrogen-bond donors (Lipinski definition) is 1. The van der Waals surface area contributed by atoms with Crippen LogP contribution in [-0.2, 0) is 6.18 Å². The molecule has 1 heterocycles. The second kappa shape index (κ2) is 6.43. The minimum Gasteiger partial charge on any atom is -0.353 e. The summed E-state index contributed by atoms with van der Waals surface area (Å²) in [6, 6.07) is 21.0.